The third-order valence-corrected chi connectivity index (χ3v) is 10.1. The van der Waals surface area contributed by atoms with Gasteiger partial charge in [0.05, 0.1) is 10.6 Å². The number of sulfonamides is 1. The molecule has 0 radical (unpaired) electrons. The molecule has 1 N–H and O–H groups in total. The average Bonchev–Trinajstić information content (AvgIpc) is 3.07. The third-order valence-electron chi connectivity index (χ3n) is 8.07. The van der Waals surface area contributed by atoms with Crippen molar-refractivity contribution in [3.8, 4) is 11.5 Å². The number of rotatable bonds is 12. The molecule has 0 bridgehead atoms. The van der Waals surface area contributed by atoms with E-state index < -0.39 is 28.5 Å². The van der Waals surface area contributed by atoms with Crippen molar-refractivity contribution >= 4 is 39.1 Å². The Hall–Kier alpha value is -4.34. The quantitative estimate of drug-likeness (QED) is 0.174. The molecule has 4 aromatic rings. The molecule has 1 fully saturated rings. The molecule has 1 saturated carbocycles. The van der Waals surface area contributed by atoms with E-state index in [0.29, 0.717) is 16.5 Å². The summed E-state index contributed by atoms with van der Waals surface area (Å²) in [7, 11) is -4.18. The first-order valence-corrected chi connectivity index (χ1v) is 17.3. The first kappa shape index (κ1) is 33.0. The Balaban J connectivity index is 1.45. The van der Waals surface area contributed by atoms with Gasteiger partial charge in [-0.05, 0) is 86.0 Å². The number of anilines is 1. The predicted molar refractivity (Wildman–Crippen MR) is 180 cm³/mol. The Morgan fingerprint density at radius 1 is 0.848 bits per heavy atom. The zero-order chi connectivity index (χ0) is 32.5. The fraction of sp³-hybridized carbons (Fsp3) is 0.278. The molecule has 1 atom stereocenters. The van der Waals surface area contributed by atoms with E-state index >= 15 is 0 Å². The van der Waals surface area contributed by atoms with Gasteiger partial charge >= 0.3 is 0 Å². The number of nitrogens with zero attached hydrogens (tertiary/aromatic N) is 2. The van der Waals surface area contributed by atoms with Crippen LogP contribution in [-0.4, -0.2) is 43.8 Å². The lowest BCUT2D eigenvalue weighted by molar-refractivity contribution is -0.139. The van der Waals surface area contributed by atoms with Gasteiger partial charge in [-0.1, -0.05) is 79.4 Å². The zero-order valence-electron chi connectivity index (χ0n) is 25.7. The molecule has 5 rings (SSSR count). The molecule has 10 heteroatoms. The summed E-state index contributed by atoms with van der Waals surface area (Å²) >= 11 is 6.25. The number of nitrogens with one attached hydrogen (secondary N) is 1. The zero-order valence-corrected chi connectivity index (χ0v) is 27.3. The van der Waals surface area contributed by atoms with Crippen LogP contribution in [0.15, 0.2) is 114 Å². The molecular formula is C36H38ClN3O5S. The highest BCUT2D eigenvalue weighted by molar-refractivity contribution is 7.92. The summed E-state index contributed by atoms with van der Waals surface area (Å²) in [4.78, 5) is 29.2. The van der Waals surface area contributed by atoms with Crippen molar-refractivity contribution in [2.24, 2.45) is 0 Å². The van der Waals surface area contributed by atoms with Crippen molar-refractivity contribution in [2.45, 2.75) is 62.6 Å². The number of hydrogen-bond acceptors (Lipinski definition) is 5. The van der Waals surface area contributed by atoms with Crippen molar-refractivity contribution in [1.82, 2.24) is 10.2 Å². The van der Waals surface area contributed by atoms with Gasteiger partial charge in [-0.25, -0.2) is 8.42 Å². The Bertz CT molecular complexity index is 1710. The van der Waals surface area contributed by atoms with E-state index in [9.17, 15) is 18.0 Å². The van der Waals surface area contributed by atoms with Gasteiger partial charge in [-0.2, -0.15) is 0 Å². The monoisotopic (exact) mass is 659 g/mol. The molecule has 8 nitrogen and oxygen atoms in total. The van der Waals surface area contributed by atoms with Gasteiger partial charge < -0.3 is 15.0 Å². The van der Waals surface area contributed by atoms with Gasteiger partial charge in [-0.3, -0.25) is 13.9 Å². The SMILES string of the molecule is C[C@@H](C(=O)NC1CCCCC1)N(Cc1cccc(Cl)c1)C(=O)CN(c1ccc(Oc2ccccc2)cc1)S(=O)(=O)c1ccccc1. The van der Waals surface area contributed by atoms with Crippen molar-refractivity contribution in [2.75, 3.05) is 10.8 Å². The summed E-state index contributed by atoms with van der Waals surface area (Å²) in [5.74, 6) is 0.336. The topological polar surface area (TPSA) is 96.0 Å². The molecule has 1 aliphatic carbocycles. The van der Waals surface area contributed by atoms with Gasteiger partial charge in [-0.15, -0.1) is 0 Å². The summed E-state index contributed by atoms with van der Waals surface area (Å²) in [5, 5.41) is 3.61. The molecule has 0 heterocycles. The van der Waals surface area contributed by atoms with Crippen LogP contribution in [0, 0.1) is 0 Å². The molecule has 0 aromatic heterocycles. The Morgan fingerprint density at radius 2 is 1.48 bits per heavy atom. The molecule has 0 spiro atoms. The number of benzene rings is 4. The van der Waals surface area contributed by atoms with E-state index in [-0.39, 0.29) is 29.1 Å². The van der Waals surface area contributed by atoms with Crippen LogP contribution in [0.1, 0.15) is 44.6 Å². The fourth-order valence-electron chi connectivity index (χ4n) is 5.54. The fourth-order valence-corrected chi connectivity index (χ4v) is 7.18. The number of carbonyl (C=O) groups excluding carboxylic acids is 2. The van der Waals surface area contributed by atoms with E-state index in [1.54, 1.807) is 67.6 Å². The first-order chi connectivity index (χ1) is 22.2. The molecule has 240 valence electrons. The van der Waals surface area contributed by atoms with Crippen LogP contribution in [0.25, 0.3) is 0 Å². The van der Waals surface area contributed by atoms with Crippen LogP contribution in [0.5, 0.6) is 11.5 Å². The highest BCUT2D eigenvalue weighted by Gasteiger charge is 2.33. The lowest BCUT2D eigenvalue weighted by Crippen LogP contribution is -2.53. The molecule has 0 aliphatic heterocycles. The van der Waals surface area contributed by atoms with E-state index in [4.69, 9.17) is 16.3 Å². The number of hydrogen-bond donors (Lipinski definition) is 1. The molecule has 1 aliphatic rings. The van der Waals surface area contributed by atoms with E-state index in [2.05, 4.69) is 5.32 Å². The summed E-state index contributed by atoms with van der Waals surface area (Å²) in [6.45, 7) is 1.21. The first-order valence-electron chi connectivity index (χ1n) is 15.5. The standard InChI is InChI=1S/C36H38ClN3O5S/c1-27(36(42)38-30-14-5-2-6-15-30)39(25-28-12-11-13-29(37)24-28)35(41)26-40(46(43,44)34-18-9-4-10-19-34)31-20-22-33(23-21-31)45-32-16-7-3-8-17-32/h3-4,7-13,16-24,27,30H,2,5-6,14-15,25-26H2,1H3,(H,38,42)/t27-/m0/s1. The molecule has 4 aromatic carbocycles. The van der Waals surface area contributed by atoms with Gasteiger partial charge in [0.15, 0.2) is 0 Å². The smallest absolute Gasteiger partial charge is 0.264 e. The van der Waals surface area contributed by atoms with E-state index in [0.717, 1.165) is 42.0 Å². The summed E-state index contributed by atoms with van der Waals surface area (Å²) in [6.07, 6.45) is 5.03. The number of para-hydroxylation sites is 1. The highest BCUT2D eigenvalue weighted by Crippen LogP contribution is 2.29. The molecule has 46 heavy (non-hydrogen) atoms. The molecule has 2 amide bonds. The maximum Gasteiger partial charge on any atom is 0.264 e. The van der Waals surface area contributed by atoms with Gasteiger partial charge in [0.2, 0.25) is 11.8 Å². The van der Waals surface area contributed by atoms with Crippen molar-refractivity contribution < 1.29 is 22.7 Å². The maximum atomic E-state index is 14.2. The van der Waals surface area contributed by atoms with Crippen LogP contribution in [-0.2, 0) is 26.2 Å². The van der Waals surface area contributed by atoms with E-state index in [1.807, 2.05) is 36.4 Å². The number of halogens is 1. The van der Waals surface area contributed by atoms with Crippen molar-refractivity contribution in [3.05, 3.63) is 120 Å². The molecular weight excluding hydrogens is 622 g/mol. The summed E-state index contributed by atoms with van der Waals surface area (Å²) in [6, 6.07) is 30.0. The van der Waals surface area contributed by atoms with Crippen LogP contribution in [0.3, 0.4) is 0 Å². The van der Waals surface area contributed by atoms with Crippen LogP contribution >= 0.6 is 11.6 Å². The largest absolute Gasteiger partial charge is 0.457 e. The minimum atomic E-state index is -4.18. The van der Waals surface area contributed by atoms with Crippen molar-refractivity contribution in [3.63, 3.8) is 0 Å². The second-order valence-corrected chi connectivity index (χ2v) is 13.7. The number of ether oxygens (including phenoxy) is 1. The lowest BCUT2D eigenvalue weighted by atomic mass is 9.95. The highest BCUT2D eigenvalue weighted by atomic mass is 35.5. The maximum absolute atomic E-state index is 14.2. The summed E-state index contributed by atoms with van der Waals surface area (Å²) < 4.78 is 35.1. The second kappa shape index (κ2) is 15.3. The van der Waals surface area contributed by atoms with E-state index in [1.165, 1.54) is 17.0 Å². The minimum absolute atomic E-state index is 0.0388. The Labute approximate surface area is 276 Å². The van der Waals surface area contributed by atoms with Crippen LogP contribution in [0.2, 0.25) is 5.02 Å². The number of amides is 2. The Kier molecular flexibility index (Phi) is 11.0. The van der Waals surface area contributed by atoms with Crippen LogP contribution < -0.4 is 14.4 Å². The van der Waals surface area contributed by atoms with Gasteiger partial charge in [0.1, 0.15) is 24.1 Å². The third kappa shape index (κ3) is 8.47. The van der Waals surface area contributed by atoms with Gasteiger partial charge in [0, 0.05) is 17.6 Å². The molecule has 0 saturated heterocycles. The number of carbonyl (C=O) groups is 2. The average molecular weight is 660 g/mol. The normalized spacial score (nSPS) is 14.2. The minimum Gasteiger partial charge on any atom is -0.457 e. The van der Waals surface area contributed by atoms with Crippen LogP contribution in [0.4, 0.5) is 5.69 Å². The lowest BCUT2D eigenvalue weighted by Gasteiger charge is -2.33. The molecule has 0 unspecified atom stereocenters. The predicted octanol–water partition coefficient (Wildman–Crippen LogP) is 7.19. The second-order valence-electron chi connectivity index (χ2n) is 11.4. The Morgan fingerprint density at radius 3 is 2.13 bits per heavy atom. The van der Waals surface area contributed by atoms with Crippen molar-refractivity contribution in [1.29, 1.82) is 0 Å². The van der Waals surface area contributed by atoms with Gasteiger partial charge in [0.25, 0.3) is 10.0 Å². The summed E-state index contributed by atoms with van der Waals surface area (Å²) in [5.41, 5.74) is 0.998.